The van der Waals surface area contributed by atoms with E-state index in [1.807, 2.05) is 6.92 Å². The third-order valence-corrected chi connectivity index (χ3v) is 5.29. The van der Waals surface area contributed by atoms with E-state index in [1.165, 1.54) is 17.5 Å². The third-order valence-electron chi connectivity index (χ3n) is 4.60. The summed E-state index contributed by atoms with van der Waals surface area (Å²) in [5.74, 6) is 1.03. The fourth-order valence-electron chi connectivity index (χ4n) is 2.90. The summed E-state index contributed by atoms with van der Waals surface area (Å²) in [6.07, 6.45) is 4.99. The summed E-state index contributed by atoms with van der Waals surface area (Å²) < 4.78 is 11.6. The van der Waals surface area contributed by atoms with Gasteiger partial charge in [0.05, 0.1) is 12.8 Å². The molecule has 1 aliphatic rings. The maximum absolute atomic E-state index is 12.7. The molecule has 1 N–H and O–H groups in total. The lowest BCUT2D eigenvalue weighted by Gasteiger charge is -2.30. The van der Waals surface area contributed by atoms with Gasteiger partial charge < -0.3 is 14.4 Å². The average molecular weight is 439 g/mol. The molecule has 2 aromatic heterocycles. The zero-order valence-corrected chi connectivity index (χ0v) is 17.9. The van der Waals surface area contributed by atoms with E-state index in [0.717, 1.165) is 25.9 Å². The molecule has 0 unspecified atom stereocenters. The minimum Gasteiger partial charge on any atom is -0.493 e. The van der Waals surface area contributed by atoms with Gasteiger partial charge in [0.15, 0.2) is 5.13 Å². The van der Waals surface area contributed by atoms with Crippen LogP contribution >= 0.6 is 11.3 Å². The second kappa shape index (κ2) is 9.57. The van der Waals surface area contributed by atoms with E-state index < -0.39 is 0 Å². The molecule has 0 atom stereocenters. The average Bonchev–Trinajstić information content (AvgIpc) is 3.24. The van der Waals surface area contributed by atoms with Crippen molar-refractivity contribution in [2.24, 2.45) is 0 Å². The molecule has 1 fully saturated rings. The van der Waals surface area contributed by atoms with E-state index in [9.17, 15) is 9.59 Å². The number of carbonyl (C=O) groups excluding carboxylic acids is 2. The van der Waals surface area contributed by atoms with Crippen molar-refractivity contribution in [1.82, 2.24) is 14.9 Å². The van der Waals surface area contributed by atoms with E-state index in [4.69, 9.17) is 9.47 Å². The molecule has 1 saturated heterocycles. The Morgan fingerprint density at radius 3 is 2.61 bits per heavy atom. The summed E-state index contributed by atoms with van der Waals surface area (Å²) in [6.45, 7) is 4.07. The number of carbonyl (C=O) groups is 2. The highest BCUT2D eigenvalue weighted by Gasteiger charge is 2.22. The van der Waals surface area contributed by atoms with E-state index in [2.05, 4.69) is 15.3 Å². The molecular formula is C22H22N4O4S. The highest BCUT2D eigenvalue weighted by molar-refractivity contribution is 7.13. The van der Waals surface area contributed by atoms with Crippen LogP contribution in [0.3, 0.4) is 0 Å². The molecule has 0 radical (unpaired) electrons. The summed E-state index contributed by atoms with van der Waals surface area (Å²) in [4.78, 5) is 35.0. The van der Waals surface area contributed by atoms with Crippen molar-refractivity contribution in [3.8, 4) is 17.2 Å². The number of pyridine rings is 1. The molecule has 2 amide bonds. The van der Waals surface area contributed by atoms with E-state index in [0.29, 0.717) is 40.2 Å². The standard InChI is InChI=1S/C22H22N4O4S/c1-2-9-29-17-11-15(20(27)25-22-23-6-10-31-22)12-18(13-17)30-16-4-5-19(24-14-16)21(28)26-7-3-8-26/h4-6,10-14H,2-3,7-9H2,1H3,(H,23,25,27). The number of nitrogens with zero attached hydrogens (tertiary/aromatic N) is 3. The monoisotopic (exact) mass is 438 g/mol. The molecule has 1 aliphatic heterocycles. The van der Waals surface area contributed by atoms with Gasteiger partial charge in [-0.2, -0.15) is 0 Å². The molecule has 3 aromatic rings. The topological polar surface area (TPSA) is 93.7 Å². The van der Waals surface area contributed by atoms with E-state index in [-0.39, 0.29) is 11.8 Å². The first kappa shape index (κ1) is 20.8. The van der Waals surface area contributed by atoms with Crippen LogP contribution in [0.25, 0.3) is 0 Å². The Morgan fingerprint density at radius 1 is 1.13 bits per heavy atom. The number of likely N-dealkylation sites (tertiary alicyclic amines) is 1. The molecule has 31 heavy (non-hydrogen) atoms. The first-order valence-electron chi connectivity index (χ1n) is 10.0. The Balaban J connectivity index is 1.51. The predicted octanol–water partition coefficient (Wildman–Crippen LogP) is 4.22. The van der Waals surface area contributed by atoms with Gasteiger partial charge in [0, 0.05) is 36.3 Å². The summed E-state index contributed by atoms with van der Waals surface area (Å²) in [6, 6.07) is 8.34. The van der Waals surface area contributed by atoms with E-state index in [1.54, 1.807) is 46.8 Å². The van der Waals surface area contributed by atoms with Crippen molar-refractivity contribution in [1.29, 1.82) is 0 Å². The van der Waals surface area contributed by atoms with Gasteiger partial charge in [0.1, 0.15) is 22.9 Å². The van der Waals surface area contributed by atoms with Gasteiger partial charge in [-0.1, -0.05) is 6.92 Å². The van der Waals surface area contributed by atoms with Crippen molar-refractivity contribution in [3.63, 3.8) is 0 Å². The maximum Gasteiger partial charge on any atom is 0.272 e. The Morgan fingerprint density at radius 2 is 1.97 bits per heavy atom. The molecule has 1 aromatic carbocycles. The molecule has 160 valence electrons. The second-order valence-electron chi connectivity index (χ2n) is 6.96. The number of nitrogens with one attached hydrogen (secondary N) is 1. The van der Waals surface area contributed by atoms with E-state index >= 15 is 0 Å². The van der Waals surface area contributed by atoms with Crippen LogP contribution in [-0.2, 0) is 0 Å². The van der Waals surface area contributed by atoms with Crippen molar-refractivity contribution >= 4 is 28.3 Å². The van der Waals surface area contributed by atoms with Crippen LogP contribution in [0.15, 0.2) is 48.1 Å². The molecular weight excluding hydrogens is 416 g/mol. The quantitative estimate of drug-likeness (QED) is 0.566. The lowest BCUT2D eigenvalue weighted by atomic mass is 10.2. The number of hydrogen-bond acceptors (Lipinski definition) is 7. The summed E-state index contributed by atoms with van der Waals surface area (Å²) in [5.41, 5.74) is 0.770. The second-order valence-corrected chi connectivity index (χ2v) is 7.85. The lowest BCUT2D eigenvalue weighted by Crippen LogP contribution is -2.42. The van der Waals surface area contributed by atoms with Crippen LogP contribution in [0.2, 0.25) is 0 Å². The number of rotatable bonds is 8. The van der Waals surface area contributed by atoms with Crippen molar-refractivity contribution < 1.29 is 19.1 Å². The fourth-order valence-corrected chi connectivity index (χ4v) is 3.43. The number of amides is 2. The minimum absolute atomic E-state index is 0.0751. The summed E-state index contributed by atoms with van der Waals surface area (Å²) >= 11 is 1.34. The summed E-state index contributed by atoms with van der Waals surface area (Å²) in [7, 11) is 0. The Hall–Kier alpha value is -3.46. The highest BCUT2D eigenvalue weighted by Crippen LogP contribution is 2.28. The number of anilines is 1. The number of benzene rings is 1. The van der Waals surface area contributed by atoms with Crippen molar-refractivity contribution in [2.45, 2.75) is 19.8 Å². The number of hydrogen-bond donors (Lipinski definition) is 1. The SMILES string of the molecule is CCCOc1cc(Oc2ccc(C(=O)N3CCC3)nc2)cc(C(=O)Nc2nccs2)c1. The van der Waals surface area contributed by atoms with Crippen LogP contribution in [0.1, 0.15) is 40.6 Å². The summed E-state index contributed by atoms with van der Waals surface area (Å²) in [5, 5.41) is 5.06. The normalized spacial score (nSPS) is 12.7. The van der Waals surface area contributed by atoms with Crippen LogP contribution in [0.4, 0.5) is 5.13 Å². The Labute approximate surface area is 183 Å². The van der Waals surface area contributed by atoms with Crippen LogP contribution in [0, 0.1) is 0 Å². The number of aromatic nitrogens is 2. The first-order valence-corrected chi connectivity index (χ1v) is 10.9. The first-order chi connectivity index (χ1) is 15.1. The van der Waals surface area contributed by atoms with Gasteiger partial charge >= 0.3 is 0 Å². The van der Waals surface area contributed by atoms with Crippen molar-refractivity contribution in [3.05, 3.63) is 59.4 Å². The van der Waals surface area contributed by atoms with Gasteiger partial charge in [-0.25, -0.2) is 9.97 Å². The third kappa shape index (κ3) is 5.18. The molecule has 0 bridgehead atoms. The Bertz CT molecular complexity index is 1050. The van der Waals surface area contributed by atoms with Crippen LogP contribution < -0.4 is 14.8 Å². The highest BCUT2D eigenvalue weighted by atomic mass is 32.1. The van der Waals surface area contributed by atoms with Gasteiger partial charge in [-0.3, -0.25) is 14.9 Å². The van der Waals surface area contributed by atoms with Gasteiger partial charge in [0.25, 0.3) is 11.8 Å². The number of thiazole rings is 1. The van der Waals surface area contributed by atoms with Crippen LogP contribution in [0.5, 0.6) is 17.2 Å². The lowest BCUT2D eigenvalue weighted by molar-refractivity contribution is 0.0645. The predicted molar refractivity (Wildman–Crippen MR) is 117 cm³/mol. The molecule has 0 aliphatic carbocycles. The Kier molecular flexibility index (Phi) is 6.42. The molecule has 8 nitrogen and oxygen atoms in total. The van der Waals surface area contributed by atoms with Gasteiger partial charge in [0.2, 0.25) is 0 Å². The molecule has 9 heteroatoms. The number of ether oxygens (including phenoxy) is 2. The molecule has 0 spiro atoms. The van der Waals surface area contributed by atoms with Gasteiger partial charge in [-0.15, -0.1) is 11.3 Å². The van der Waals surface area contributed by atoms with Crippen molar-refractivity contribution in [2.75, 3.05) is 25.0 Å². The molecule has 0 saturated carbocycles. The smallest absolute Gasteiger partial charge is 0.272 e. The zero-order valence-electron chi connectivity index (χ0n) is 17.0. The van der Waals surface area contributed by atoms with Crippen LogP contribution in [-0.4, -0.2) is 46.4 Å². The largest absolute Gasteiger partial charge is 0.493 e. The fraction of sp³-hybridized carbons (Fsp3) is 0.273. The molecule has 3 heterocycles. The zero-order chi connectivity index (χ0) is 21.6. The minimum atomic E-state index is -0.310. The maximum atomic E-state index is 12.7. The van der Waals surface area contributed by atoms with Gasteiger partial charge in [-0.05, 0) is 37.1 Å². The molecule has 4 rings (SSSR count).